The molecule has 0 aliphatic rings. The van der Waals surface area contributed by atoms with E-state index < -0.39 is 35.8 Å². The number of hydrogen-bond acceptors (Lipinski definition) is 10. The molecule has 1 heterocycles. The highest BCUT2D eigenvalue weighted by Gasteiger charge is 2.52. The lowest BCUT2D eigenvalue weighted by molar-refractivity contribution is 0.0772. The molecule has 15 heteroatoms. The number of rotatable bonds is 30. The molecular formula is C71H76FN5O6S3. The minimum atomic E-state index is -3.89. The fourth-order valence-corrected chi connectivity index (χ4v) is 15.1. The molecule has 86 heavy (non-hydrogen) atoms. The highest BCUT2D eigenvalue weighted by atomic mass is 32.2. The van der Waals surface area contributed by atoms with Crippen LogP contribution in [0.1, 0.15) is 79.1 Å². The third-order valence-corrected chi connectivity index (χ3v) is 20.5. The van der Waals surface area contributed by atoms with Gasteiger partial charge in [0.2, 0.25) is 10.0 Å². The van der Waals surface area contributed by atoms with Gasteiger partial charge in [0.05, 0.1) is 49.4 Å². The zero-order valence-electron chi connectivity index (χ0n) is 49.1. The van der Waals surface area contributed by atoms with Gasteiger partial charge in [0.15, 0.2) is 0 Å². The summed E-state index contributed by atoms with van der Waals surface area (Å²) in [5, 5.41) is 10.2. The minimum Gasteiger partial charge on any atom is -0.448 e. The fraction of sp³-hybridized carbons (Fsp3) is 0.268. The molecule has 0 saturated carbocycles. The Morgan fingerprint density at radius 2 is 1.03 bits per heavy atom. The predicted octanol–water partition coefficient (Wildman–Crippen LogP) is 14.7. The zero-order chi connectivity index (χ0) is 60.5. The SMILES string of the molecule is CC(C)(C)C(CCN(CCOCCCCOCc1cc(-c2ccc(F)cc2)n(-c2ccc(S(N)(=O)=O)cc2)n1)CCSC(c1ccccc1)(c1ccccc1)c1ccccc1)(COC(N)=O)SC(c1ccccc1)(c1ccccc1)c1ccccc1. The van der Waals surface area contributed by atoms with Crippen molar-refractivity contribution < 1.29 is 31.8 Å². The van der Waals surface area contributed by atoms with Crippen LogP contribution in [0.4, 0.5) is 9.18 Å². The highest BCUT2D eigenvalue weighted by molar-refractivity contribution is 8.02. The number of nitrogens with two attached hydrogens (primary N) is 2. The Bertz CT molecular complexity index is 3450. The molecule has 1 aromatic heterocycles. The number of benzene rings is 8. The first kappa shape index (κ1) is 63.2. The molecule has 0 bridgehead atoms. The number of carbonyl (C=O) groups excluding carboxylic acids is 1. The standard InChI is InChI=1S/C71H76FN5O6S3/c1-68(2,3)69(54-83-67(73)78,85-71(59-30-16-7-17-31-59,60-32-18-8-19-33-60)61-34-20-9-21-35-61)44-45-76(47-51-84-70(56-24-10-4-11-25-56,57-26-12-5-13-27-57)58-28-14-6-15-29-58)46-50-81-48-22-23-49-82-53-63-52-66(55-36-38-62(72)39-37-55)77(75-63)64-40-42-65(43-41-64)86(74,79)80/h4-21,24-43,52H,22-23,44-51,53-54H2,1-3H3,(H2,73,78)(H2,74,79,80). The summed E-state index contributed by atoms with van der Waals surface area (Å²) in [6.07, 6.45) is 1.35. The van der Waals surface area contributed by atoms with Crippen molar-refractivity contribution in [1.82, 2.24) is 14.7 Å². The van der Waals surface area contributed by atoms with Crippen LogP contribution >= 0.6 is 23.5 Å². The third-order valence-electron chi connectivity index (χ3n) is 15.7. The molecule has 11 nitrogen and oxygen atoms in total. The van der Waals surface area contributed by atoms with Crippen molar-refractivity contribution in [2.75, 3.05) is 51.8 Å². The number of hydrogen-bond donors (Lipinski definition) is 2. The number of halogens is 1. The normalized spacial score (nSPS) is 12.9. The number of unbranched alkanes of at least 4 members (excludes halogenated alkanes) is 1. The van der Waals surface area contributed by atoms with Crippen molar-refractivity contribution in [3.05, 3.63) is 281 Å². The van der Waals surface area contributed by atoms with Crippen molar-refractivity contribution in [2.24, 2.45) is 16.3 Å². The summed E-state index contributed by atoms with van der Waals surface area (Å²) in [4.78, 5) is 15.4. The molecule has 9 aromatic rings. The number of ether oxygens (including phenoxy) is 3. The van der Waals surface area contributed by atoms with Crippen molar-refractivity contribution in [3.63, 3.8) is 0 Å². The van der Waals surface area contributed by atoms with Crippen LogP contribution in [0.3, 0.4) is 0 Å². The number of carbonyl (C=O) groups is 1. The van der Waals surface area contributed by atoms with E-state index in [1.807, 2.05) is 29.6 Å². The lowest BCUT2D eigenvalue weighted by atomic mass is 9.77. The van der Waals surface area contributed by atoms with E-state index >= 15 is 0 Å². The molecule has 1 unspecified atom stereocenters. The maximum Gasteiger partial charge on any atom is 0.404 e. The Morgan fingerprint density at radius 3 is 1.48 bits per heavy atom. The Balaban J connectivity index is 0.947. The predicted molar refractivity (Wildman–Crippen MR) is 347 cm³/mol. The maximum atomic E-state index is 14.0. The van der Waals surface area contributed by atoms with Crippen LogP contribution in [0.15, 0.2) is 241 Å². The van der Waals surface area contributed by atoms with E-state index in [1.54, 1.807) is 28.9 Å². The van der Waals surface area contributed by atoms with Gasteiger partial charge in [0.1, 0.15) is 12.4 Å². The summed E-state index contributed by atoms with van der Waals surface area (Å²) in [7, 11) is -3.89. The molecule has 446 valence electrons. The molecule has 0 aliphatic heterocycles. The minimum absolute atomic E-state index is 0.0140. The second-order valence-corrected chi connectivity index (χ2v) is 26.8. The molecular weight excluding hydrogens is 1130 g/mol. The van der Waals surface area contributed by atoms with Crippen LogP contribution in [0.2, 0.25) is 0 Å². The average Bonchev–Trinajstić information content (AvgIpc) is 0.990. The number of sulfonamides is 1. The van der Waals surface area contributed by atoms with E-state index in [9.17, 15) is 17.6 Å². The van der Waals surface area contributed by atoms with Gasteiger partial charge in [-0.3, -0.25) is 0 Å². The largest absolute Gasteiger partial charge is 0.448 e. The van der Waals surface area contributed by atoms with E-state index in [1.165, 1.54) is 41.0 Å². The van der Waals surface area contributed by atoms with Crippen LogP contribution < -0.4 is 10.9 Å². The number of amides is 1. The molecule has 0 aliphatic carbocycles. The molecule has 0 fully saturated rings. The third kappa shape index (κ3) is 15.4. The number of primary amides is 1. The van der Waals surface area contributed by atoms with E-state index in [0.29, 0.717) is 56.4 Å². The van der Waals surface area contributed by atoms with Crippen molar-refractivity contribution >= 4 is 39.6 Å². The van der Waals surface area contributed by atoms with Crippen LogP contribution in [-0.2, 0) is 40.3 Å². The number of nitrogens with zero attached hydrogens (tertiary/aromatic N) is 3. The van der Waals surface area contributed by atoms with Crippen LogP contribution in [0.25, 0.3) is 16.9 Å². The van der Waals surface area contributed by atoms with Gasteiger partial charge in [0.25, 0.3) is 0 Å². The Hall–Kier alpha value is -7.34. The van der Waals surface area contributed by atoms with Gasteiger partial charge in [-0.1, -0.05) is 203 Å². The second kappa shape index (κ2) is 29.4. The molecule has 0 saturated heterocycles. The molecule has 8 aromatic carbocycles. The molecule has 1 amide bonds. The van der Waals surface area contributed by atoms with E-state index in [0.717, 1.165) is 47.4 Å². The molecule has 0 radical (unpaired) electrons. The van der Waals surface area contributed by atoms with Gasteiger partial charge in [-0.15, -0.1) is 23.5 Å². The zero-order valence-corrected chi connectivity index (χ0v) is 51.5. The molecule has 4 N–H and O–H groups in total. The second-order valence-electron chi connectivity index (χ2n) is 22.3. The Morgan fingerprint density at radius 1 is 0.581 bits per heavy atom. The van der Waals surface area contributed by atoms with Gasteiger partial charge >= 0.3 is 6.09 Å². The first-order chi connectivity index (χ1) is 41.6. The number of thioether (sulfide) groups is 2. The first-order valence-electron chi connectivity index (χ1n) is 29.1. The first-order valence-corrected chi connectivity index (χ1v) is 32.4. The maximum absolute atomic E-state index is 14.0. The topological polar surface area (TPSA) is 152 Å². The average molecular weight is 1210 g/mol. The summed E-state index contributed by atoms with van der Waals surface area (Å²) in [6, 6.07) is 78.4. The van der Waals surface area contributed by atoms with E-state index in [2.05, 4.69) is 208 Å². The lowest BCUT2D eigenvalue weighted by Gasteiger charge is -2.51. The van der Waals surface area contributed by atoms with Crippen molar-refractivity contribution in [1.29, 1.82) is 0 Å². The Kier molecular flexibility index (Phi) is 21.6. The van der Waals surface area contributed by atoms with Gasteiger partial charge in [-0.05, 0) is 119 Å². The van der Waals surface area contributed by atoms with Crippen LogP contribution in [-0.4, -0.2) is 85.8 Å². The molecule has 9 rings (SSSR count). The number of primary sulfonamides is 1. The number of aromatic nitrogens is 2. The fourth-order valence-electron chi connectivity index (χ4n) is 11.0. The quantitative estimate of drug-likeness (QED) is 0.0329. The Labute approximate surface area is 515 Å². The highest BCUT2D eigenvalue weighted by Crippen LogP contribution is 2.59. The van der Waals surface area contributed by atoms with E-state index in [4.69, 9.17) is 30.2 Å². The summed E-state index contributed by atoms with van der Waals surface area (Å²) < 4.78 is 56.4. The van der Waals surface area contributed by atoms with E-state index in [-0.39, 0.29) is 23.9 Å². The van der Waals surface area contributed by atoms with Gasteiger partial charge in [-0.2, -0.15) is 5.10 Å². The van der Waals surface area contributed by atoms with Crippen LogP contribution in [0.5, 0.6) is 0 Å². The van der Waals surface area contributed by atoms with Crippen LogP contribution in [0, 0.1) is 11.2 Å². The molecule has 1 atom stereocenters. The molecule has 0 spiro atoms. The van der Waals surface area contributed by atoms with Crippen molar-refractivity contribution in [3.8, 4) is 16.9 Å². The van der Waals surface area contributed by atoms with Gasteiger partial charge in [0, 0.05) is 37.6 Å². The summed E-state index contributed by atoms with van der Waals surface area (Å²) in [5.74, 6) is 0.417. The van der Waals surface area contributed by atoms with Crippen molar-refractivity contribution in [2.45, 2.75) is 65.8 Å². The smallest absolute Gasteiger partial charge is 0.404 e. The lowest BCUT2D eigenvalue weighted by Crippen LogP contribution is -2.51. The monoisotopic (exact) mass is 1210 g/mol. The summed E-state index contributed by atoms with van der Waals surface area (Å²) in [5.41, 5.74) is 15.1. The van der Waals surface area contributed by atoms with Gasteiger partial charge in [-0.25, -0.2) is 27.4 Å². The summed E-state index contributed by atoms with van der Waals surface area (Å²) >= 11 is 3.78. The summed E-state index contributed by atoms with van der Waals surface area (Å²) in [6.45, 7) is 10.6. The van der Waals surface area contributed by atoms with Gasteiger partial charge < -0.3 is 24.8 Å².